The second kappa shape index (κ2) is 8.71. The van der Waals surface area contributed by atoms with Crippen molar-refractivity contribution in [2.75, 3.05) is 0 Å². The van der Waals surface area contributed by atoms with Crippen molar-refractivity contribution in [1.82, 2.24) is 0 Å². The van der Waals surface area contributed by atoms with Crippen LogP contribution in [0.5, 0.6) is 0 Å². The third-order valence-corrected chi connectivity index (χ3v) is 3.72. The van der Waals surface area contributed by atoms with E-state index in [2.05, 4.69) is 0 Å². The SMILES string of the molecule is CC(=O)O[C@H](c1ccccc1)[C@H](OC(C)=O)c1ccc([N+](=O)[O-])cc1[N+](=O)[O-]. The van der Waals surface area contributed by atoms with Gasteiger partial charge in [0.05, 0.1) is 21.5 Å². The van der Waals surface area contributed by atoms with Crippen LogP contribution >= 0.6 is 0 Å². The molecule has 10 nitrogen and oxygen atoms in total. The predicted molar refractivity (Wildman–Crippen MR) is 95.2 cm³/mol. The quantitative estimate of drug-likeness (QED) is 0.399. The molecule has 0 aromatic heterocycles. The zero-order valence-corrected chi connectivity index (χ0v) is 14.9. The van der Waals surface area contributed by atoms with Crippen LogP contribution in [0.15, 0.2) is 48.5 Å². The predicted octanol–water partition coefficient (Wildman–Crippen LogP) is 3.41. The van der Waals surface area contributed by atoms with Gasteiger partial charge in [0.2, 0.25) is 0 Å². The lowest BCUT2D eigenvalue weighted by Gasteiger charge is -2.26. The number of nitro benzene ring substituents is 2. The van der Waals surface area contributed by atoms with Crippen molar-refractivity contribution in [3.8, 4) is 0 Å². The first-order valence-electron chi connectivity index (χ1n) is 8.02. The first-order chi connectivity index (χ1) is 13.2. The van der Waals surface area contributed by atoms with Crippen LogP contribution in [0.2, 0.25) is 0 Å². The summed E-state index contributed by atoms with van der Waals surface area (Å²) in [6.45, 7) is 2.24. The fourth-order valence-corrected chi connectivity index (χ4v) is 2.64. The smallest absolute Gasteiger partial charge is 0.303 e. The van der Waals surface area contributed by atoms with E-state index in [0.29, 0.717) is 5.56 Å². The van der Waals surface area contributed by atoms with Crippen LogP contribution in [0.4, 0.5) is 11.4 Å². The number of benzene rings is 2. The fourth-order valence-electron chi connectivity index (χ4n) is 2.64. The number of hydrogen-bond acceptors (Lipinski definition) is 8. The van der Waals surface area contributed by atoms with Gasteiger partial charge >= 0.3 is 11.9 Å². The third-order valence-electron chi connectivity index (χ3n) is 3.72. The topological polar surface area (TPSA) is 139 Å². The maximum Gasteiger partial charge on any atom is 0.303 e. The number of hydrogen-bond donors (Lipinski definition) is 0. The lowest BCUT2D eigenvalue weighted by atomic mass is 9.96. The second-order valence-corrected chi connectivity index (χ2v) is 5.73. The van der Waals surface area contributed by atoms with Crippen LogP contribution in [0, 0.1) is 20.2 Å². The highest BCUT2D eigenvalue weighted by molar-refractivity contribution is 5.68. The lowest BCUT2D eigenvalue weighted by molar-refractivity contribution is -0.395. The van der Waals surface area contributed by atoms with E-state index in [1.165, 1.54) is 0 Å². The Labute approximate surface area is 159 Å². The van der Waals surface area contributed by atoms with Crippen molar-refractivity contribution in [3.05, 3.63) is 79.9 Å². The Morgan fingerprint density at radius 3 is 1.93 bits per heavy atom. The van der Waals surface area contributed by atoms with Gasteiger partial charge in [0.15, 0.2) is 12.2 Å². The summed E-state index contributed by atoms with van der Waals surface area (Å²) in [5, 5.41) is 22.5. The highest BCUT2D eigenvalue weighted by Gasteiger charge is 2.36. The molecule has 146 valence electrons. The largest absolute Gasteiger partial charge is 0.453 e. The number of carbonyl (C=O) groups is 2. The van der Waals surface area contributed by atoms with Gasteiger partial charge in [-0.25, -0.2) is 0 Å². The molecule has 0 radical (unpaired) electrons. The summed E-state index contributed by atoms with van der Waals surface area (Å²) >= 11 is 0. The Kier molecular flexibility index (Phi) is 6.38. The summed E-state index contributed by atoms with van der Waals surface area (Å²) in [7, 11) is 0. The van der Waals surface area contributed by atoms with Gasteiger partial charge in [0.1, 0.15) is 0 Å². The molecule has 0 heterocycles. The molecule has 0 bridgehead atoms. The zero-order chi connectivity index (χ0) is 20.8. The molecule has 0 aliphatic carbocycles. The molecule has 0 aliphatic heterocycles. The maximum absolute atomic E-state index is 11.7. The minimum atomic E-state index is -1.38. The average Bonchev–Trinajstić information content (AvgIpc) is 2.64. The number of esters is 2. The Morgan fingerprint density at radius 2 is 1.43 bits per heavy atom. The van der Waals surface area contributed by atoms with E-state index < -0.39 is 45.4 Å². The molecule has 0 saturated carbocycles. The van der Waals surface area contributed by atoms with Crippen LogP contribution in [-0.2, 0) is 19.1 Å². The van der Waals surface area contributed by atoms with Crippen molar-refractivity contribution in [2.45, 2.75) is 26.1 Å². The number of nitro groups is 2. The normalized spacial score (nSPS) is 12.5. The first kappa shape index (κ1) is 20.5. The molecule has 2 aromatic rings. The number of nitrogens with zero attached hydrogens (tertiary/aromatic N) is 2. The second-order valence-electron chi connectivity index (χ2n) is 5.73. The van der Waals surface area contributed by atoms with E-state index in [1.54, 1.807) is 30.3 Å². The van der Waals surface area contributed by atoms with E-state index in [1.807, 2.05) is 0 Å². The van der Waals surface area contributed by atoms with E-state index in [9.17, 15) is 29.8 Å². The van der Waals surface area contributed by atoms with E-state index in [0.717, 1.165) is 32.0 Å². The van der Waals surface area contributed by atoms with Gasteiger partial charge in [-0.2, -0.15) is 0 Å². The summed E-state index contributed by atoms with van der Waals surface area (Å²) in [5.41, 5.74) is -0.841. The number of non-ortho nitro benzene ring substituents is 1. The maximum atomic E-state index is 11.7. The van der Waals surface area contributed by atoms with Crippen LogP contribution < -0.4 is 0 Å². The van der Waals surface area contributed by atoms with Gasteiger partial charge < -0.3 is 9.47 Å². The summed E-state index contributed by atoms with van der Waals surface area (Å²) in [5.74, 6) is -1.47. The molecule has 2 aromatic carbocycles. The highest BCUT2D eigenvalue weighted by Crippen LogP contribution is 2.40. The van der Waals surface area contributed by atoms with E-state index in [4.69, 9.17) is 9.47 Å². The van der Waals surface area contributed by atoms with Crippen molar-refractivity contribution in [3.63, 3.8) is 0 Å². The number of rotatable bonds is 7. The monoisotopic (exact) mass is 388 g/mol. The Bertz CT molecular complexity index is 913. The van der Waals surface area contributed by atoms with Crippen LogP contribution in [0.1, 0.15) is 37.2 Å². The summed E-state index contributed by atoms with van der Waals surface area (Å²) in [4.78, 5) is 44.2. The molecule has 2 atom stereocenters. The van der Waals surface area contributed by atoms with E-state index in [-0.39, 0.29) is 5.56 Å². The molecule has 0 unspecified atom stereocenters. The van der Waals surface area contributed by atoms with Crippen LogP contribution in [0.3, 0.4) is 0 Å². The van der Waals surface area contributed by atoms with Gasteiger partial charge in [-0.1, -0.05) is 30.3 Å². The molecule has 2 rings (SSSR count). The highest BCUT2D eigenvalue weighted by atomic mass is 16.6. The summed E-state index contributed by atoms with van der Waals surface area (Å²) in [6, 6.07) is 11.1. The average molecular weight is 388 g/mol. The zero-order valence-electron chi connectivity index (χ0n) is 14.9. The Balaban J connectivity index is 2.67. The Hall–Kier alpha value is -3.82. The minimum absolute atomic E-state index is 0.138. The van der Waals surface area contributed by atoms with Crippen LogP contribution in [0.25, 0.3) is 0 Å². The summed E-state index contributed by atoms with van der Waals surface area (Å²) in [6.07, 6.45) is -2.58. The number of ether oxygens (including phenoxy) is 2. The molecule has 0 fully saturated rings. The van der Waals surface area contributed by atoms with Gasteiger partial charge in [-0.15, -0.1) is 0 Å². The van der Waals surface area contributed by atoms with Crippen molar-refractivity contribution < 1.29 is 28.9 Å². The van der Waals surface area contributed by atoms with Gasteiger partial charge in [0, 0.05) is 19.9 Å². The molecular weight excluding hydrogens is 372 g/mol. The minimum Gasteiger partial charge on any atom is -0.453 e. The molecule has 0 N–H and O–H groups in total. The molecule has 0 saturated heterocycles. The molecular formula is C18H16N2O8. The molecule has 10 heteroatoms. The third kappa shape index (κ3) is 4.87. The molecule has 0 aliphatic rings. The Morgan fingerprint density at radius 1 is 0.857 bits per heavy atom. The standard InChI is InChI=1S/C18H16N2O8/c1-11(21)27-17(13-6-4-3-5-7-13)18(28-12(2)22)15-9-8-14(19(23)24)10-16(15)20(25)26/h3-10,17-18H,1-2H3/t17-,18-/m1/s1. The molecule has 0 amide bonds. The van der Waals surface area contributed by atoms with Crippen molar-refractivity contribution in [1.29, 1.82) is 0 Å². The van der Waals surface area contributed by atoms with Crippen LogP contribution in [-0.4, -0.2) is 21.8 Å². The lowest BCUT2D eigenvalue weighted by Crippen LogP contribution is -2.22. The van der Waals surface area contributed by atoms with Gasteiger partial charge in [0.25, 0.3) is 11.4 Å². The molecule has 28 heavy (non-hydrogen) atoms. The summed E-state index contributed by atoms with van der Waals surface area (Å²) < 4.78 is 10.5. The fraction of sp³-hybridized carbons (Fsp3) is 0.222. The van der Waals surface area contributed by atoms with E-state index >= 15 is 0 Å². The first-order valence-corrected chi connectivity index (χ1v) is 8.02. The number of carbonyl (C=O) groups excluding carboxylic acids is 2. The van der Waals surface area contributed by atoms with Crippen molar-refractivity contribution >= 4 is 23.3 Å². The van der Waals surface area contributed by atoms with Crippen molar-refractivity contribution in [2.24, 2.45) is 0 Å². The molecule has 0 spiro atoms. The van der Waals surface area contributed by atoms with Gasteiger partial charge in [-0.05, 0) is 11.6 Å². The van der Waals surface area contributed by atoms with Gasteiger partial charge in [-0.3, -0.25) is 29.8 Å².